The molecule has 0 heterocycles. The van der Waals surface area contributed by atoms with Crippen LogP contribution >= 0.6 is 0 Å². The zero-order chi connectivity index (χ0) is 12.3. The molecular weight excluding hydrogens is 221 g/mol. The van der Waals surface area contributed by atoms with Crippen LogP contribution in [0.15, 0.2) is 18.2 Å². The lowest BCUT2D eigenvalue weighted by atomic mass is 9.82. The van der Waals surface area contributed by atoms with Gasteiger partial charge in [0.2, 0.25) is 0 Å². The van der Waals surface area contributed by atoms with E-state index in [1.54, 1.807) is 6.07 Å². The molecule has 0 aliphatic heterocycles. The summed E-state index contributed by atoms with van der Waals surface area (Å²) < 4.78 is 23.9. The van der Waals surface area contributed by atoms with Crippen LogP contribution in [0.25, 0.3) is 0 Å². The standard InChI is InChI=1S/C13H18FNO2/c1-16-13-3-2-9(6-12(13)14)8-17-11-4-10(5-11)7-15/h2-3,6,10-11H,4-5,7-8,15H2,1H3. The van der Waals surface area contributed by atoms with Gasteiger partial charge in [0.15, 0.2) is 11.6 Å². The van der Waals surface area contributed by atoms with Crippen molar-refractivity contribution in [1.82, 2.24) is 0 Å². The summed E-state index contributed by atoms with van der Waals surface area (Å²) in [6.45, 7) is 1.18. The minimum atomic E-state index is -0.345. The third-order valence-electron chi connectivity index (χ3n) is 3.23. The first-order valence-corrected chi connectivity index (χ1v) is 5.87. The highest BCUT2D eigenvalue weighted by molar-refractivity contribution is 5.28. The van der Waals surface area contributed by atoms with Crippen molar-refractivity contribution in [1.29, 1.82) is 0 Å². The summed E-state index contributed by atoms with van der Waals surface area (Å²) in [6.07, 6.45) is 2.33. The van der Waals surface area contributed by atoms with Gasteiger partial charge in [-0.15, -0.1) is 0 Å². The molecule has 17 heavy (non-hydrogen) atoms. The molecule has 3 nitrogen and oxygen atoms in total. The Bertz CT molecular complexity index is 378. The molecule has 0 bridgehead atoms. The smallest absolute Gasteiger partial charge is 0.165 e. The van der Waals surface area contributed by atoms with E-state index >= 15 is 0 Å². The fourth-order valence-corrected chi connectivity index (χ4v) is 2.02. The number of hydrogen-bond donors (Lipinski definition) is 1. The van der Waals surface area contributed by atoms with Gasteiger partial charge in [0.25, 0.3) is 0 Å². The first-order chi connectivity index (χ1) is 8.22. The summed E-state index contributed by atoms with van der Waals surface area (Å²) >= 11 is 0. The second kappa shape index (κ2) is 5.47. The van der Waals surface area contributed by atoms with Crippen LogP contribution in [0, 0.1) is 11.7 Å². The number of halogens is 1. The third-order valence-corrected chi connectivity index (χ3v) is 3.23. The van der Waals surface area contributed by atoms with Gasteiger partial charge < -0.3 is 15.2 Å². The zero-order valence-corrected chi connectivity index (χ0v) is 9.99. The van der Waals surface area contributed by atoms with E-state index in [2.05, 4.69) is 0 Å². The van der Waals surface area contributed by atoms with Crippen molar-refractivity contribution < 1.29 is 13.9 Å². The first kappa shape index (κ1) is 12.3. The van der Waals surface area contributed by atoms with Crippen LogP contribution in [-0.2, 0) is 11.3 Å². The highest BCUT2D eigenvalue weighted by atomic mass is 19.1. The lowest BCUT2D eigenvalue weighted by molar-refractivity contribution is -0.0376. The van der Waals surface area contributed by atoms with Crippen LogP contribution < -0.4 is 10.5 Å². The van der Waals surface area contributed by atoms with E-state index in [9.17, 15) is 4.39 Å². The monoisotopic (exact) mass is 239 g/mol. The fourth-order valence-electron chi connectivity index (χ4n) is 2.02. The largest absolute Gasteiger partial charge is 0.494 e. The average molecular weight is 239 g/mol. The Labute approximate surface area is 101 Å². The quantitative estimate of drug-likeness (QED) is 0.855. The molecule has 0 aromatic heterocycles. The van der Waals surface area contributed by atoms with Crippen molar-refractivity contribution >= 4 is 0 Å². The number of benzene rings is 1. The second-order valence-corrected chi connectivity index (χ2v) is 4.48. The van der Waals surface area contributed by atoms with E-state index in [0.29, 0.717) is 12.5 Å². The van der Waals surface area contributed by atoms with Gasteiger partial charge in [-0.25, -0.2) is 4.39 Å². The van der Waals surface area contributed by atoms with Crippen molar-refractivity contribution in [2.45, 2.75) is 25.6 Å². The SMILES string of the molecule is COc1ccc(COC2CC(CN)C2)cc1F. The minimum Gasteiger partial charge on any atom is -0.494 e. The highest BCUT2D eigenvalue weighted by Crippen LogP contribution is 2.30. The van der Waals surface area contributed by atoms with E-state index in [0.717, 1.165) is 24.9 Å². The molecule has 1 saturated carbocycles. The van der Waals surface area contributed by atoms with Crippen LogP contribution in [0.2, 0.25) is 0 Å². The summed E-state index contributed by atoms with van der Waals surface area (Å²) in [4.78, 5) is 0. The summed E-state index contributed by atoms with van der Waals surface area (Å²) in [5, 5.41) is 0. The lowest BCUT2D eigenvalue weighted by Gasteiger charge is -2.34. The van der Waals surface area contributed by atoms with E-state index < -0.39 is 0 Å². The first-order valence-electron chi connectivity index (χ1n) is 5.87. The molecule has 1 aliphatic rings. The van der Waals surface area contributed by atoms with E-state index in [1.165, 1.54) is 13.2 Å². The molecule has 2 N–H and O–H groups in total. The Kier molecular flexibility index (Phi) is 3.97. The summed E-state index contributed by atoms with van der Waals surface area (Å²) in [6, 6.07) is 4.90. The molecule has 1 aromatic rings. The number of rotatable bonds is 5. The second-order valence-electron chi connectivity index (χ2n) is 4.48. The fraction of sp³-hybridized carbons (Fsp3) is 0.538. The molecular formula is C13H18FNO2. The molecule has 0 amide bonds. The Hall–Kier alpha value is -1.13. The number of ether oxygens (including phenoxy) is 2. The Morgan fingerprint density at radius 3 is 2.76 bits per heavy atom. The van der Waals surface area contributed by atoms with Crippen LogP contribution in [0.3, 0.4) is 0 Å². The maximum atomic E-state index is 13.4. The molecule has 0 spiro atoms. The van der Waals surface area contributed by atoms with Gasteiger partial charge in [0.05, 0.1) is 19.8 Å². The molecule has 2 rings (SSSR count). The van der Waals surface area contributed by atoms with Crippen LogP contribution in [-0.4, -0.2) is 19.8 Å². The van der Waals surface area contributed by atoms with Gasteiger partial charge >= 0.3 is 0 Å². The van der Waals surface area contributed by atoms with E-state index in [1.807, 2.05) is 6.07 Å². The van der Waals surface area contributed by atoms with E-state index in [4.69, 9.17) is 15.2 Å². The summed E-state index contributed by atoms with van der Waals surface area (Å²) in [5.41, 5.74) is 6.37. The normalized spacial score (nSPS) is 23.2. The van der Waals surface area contributed by atoms with Crippen molar-refractivity contribution in [3.63, 3.8) is 0 Å². The number of nitrogens with two attached hydrogens (primary N) is 1. The lowest BCUT2D eigenvalue weighted by Crippen LogP contribution is -2.35. The molecule has 0 unspecified atom stereocenters. The van der Waals surface area contributed by atoms with Crippen LogP contribution in [0.5, 0.6) is 5.75 Å². The Morgan fingerprint density at radius 1 is 1.41 bits per heavy atom. The molecule has 0 saturated heterocycles. The summed E-state index contributed by atoms with van der Waals surface area (Å²) in [7, 11) is 1.45. The zero-order valence-electron chi connectivity index (χ0n) is 9.99. The topological polar surface area (TPSA) is 44.5 Å². The minimum absolute atomic E-state index is 0.264. The molecule has 0 radical (unpaired) electrons. The van der Waals surface area contributed by atoms with Crippen LogP contribution in [0.1, 0.15) is 18.4 Å². The number of methoxy groups -OCH3 is 1. The average Bonchev–Trinajstić information content (AvgIpc) is 2.27. The molecule has 1 aromatic carbocycles. The van der Waals surface area contributed by atoms with Crippen molar-refractivity contribution in [2.24, 2.45) is 11.7 Å². The maximum Gasteiger partial charge on any atom is 0.165 e. The van der Waals surface area contributed by atoms with Gasteiger partial charge in [-0.3, -0.25) is 0 Å². The molecule has 0 atom stereocenters. The predicted octanol–water partition coefficient (Wildman–Crippen LogP) is 2.09. The van der Waals surface area contributed by atoms with E-state index in [-0.39, 0.29) is 17.7 Å². The van der Waals surface area contributed by atoms with Gasteiger partial charge in [-0.1, -0.05) is 6.07 Å². The van der Waals surface area contributed by atoms with Crippen molar-refractivity contribution in [2.75, 3.05) is 13.7 Å². The van der Waals surface area contributed by atoms with Gasteiger partial charge in [0.1, 0.15) is 0 Å². The summed E-state index contributed by atoms with van der Waals surface area (Å²) in [5.74, 6) is 0.523. The van der Waals surface area contributed by atoms with Gasteiger partial charge in [-0.2, -0.15) is 0 Å². The third kappa shape index (κ3) is 2.96. The molecule has 1 fully saturated rings. The molecule has 4 heteroatoms. The predicted molar refractivity (Wildman–Crippen MR) is 63.3 cm³/mol. The van der Waals surface area contributed by atoms with Crippen molar-refractivity contribution in [3.8, 4) is 5.75 Å². The Morgan fingerprint density at radius 2 is 2.18 bits per heavy atom. The molecule has 94 valence electrons. The van der Waals surface area contributed by atoms with Crippen molar-refractivity contribution in [3.05, 3.63) is 29.6 Å². The Balaban J connectivity index is 1.81. The van der Waals surface area contributed by atoms with Gasteiger partial charge in [-0.05, 0) is 43.0 Å². The van der Waals surface area contributed by atoms with Gasteiger partial charge in [0, 0.05) is 0 Å². The number of hydrogen-bond acceptors (Lipinski definition) is 3. The van der Waals surface area contributed by atoms with Crippen LogP contribution in [0.4, 0.5) is 4.39 Å². The molecule has 1 aliphatic carbocycles. The maximum absolute atomic E-state index is 13.4. The highest BCUT2D eigenvalue weighted by Gasteiger charge is 2.28.